The molecule has 0 aliphatic heterocycles. The smallest absolute Gasteiger partial charge is 0.315 e. The minimum atomic E-state index is -0.799. The molecule has 1 aromatic carbocycles. The molecule has 5 heteroatoms. The van der Waals surface area contributed by atoms with E-state index in [1.54, 1.807) is 13.2 Å². The summed E-state index contributed by atoms with van der Waals surface area (Å²) < 4.78 is 21.2. The number of allylic oxidation sites excluding steroid dienone is 2. The lowest BCUT2D eigenvalue weighted by Crippen LogP contribution is -2.21. The van der Waals surface area contributed by atoms with Crippen LogP contribution in [-0.4, -0.2) is 34.1 Å². The Morgan fingerprint density at radius 1 is 1.05 bits per heavy atom. The van der Waals surface area contributed by atoms with Crippen LogP contribution in [0.15, 0.2) is 23.8 Å². The summed E-state index contributed by atoms with van der Waals surface area (Å²) in [6.07, 6.45) is 3.93. The number of aldehydes is 1. The lowest BCUT2D eigenvalue weighted by atomic mass is 10.0. The lowest BCUT2D eigenvalue weighted by Gasteiger charge is -2.19. The summed E-state index contributed by atoms with van der Waals surface area (Å²) in [7, 11) is 4.57. The van der Waals surface area contributed by atoms with Crippen molar-refractivity contribution in [1.29, 1.82) is 0 Å². The van der Waals surface area contributed by atoms with E-state index >= 15 is 0 Å². The third-order valence-electron chi connectivity index (χ3n) is 3.11. The van der Waals surface area contributed by atoms with E-state index < -0.39 is 6.48 Å². The second-order valence-corrected chi connectivity index (χ2v) is 5.01. The Hall–Kier alpha value is -1.85. The van der Waals surface area contributed by atoms with Crippen LogP contribution in [0, 0.1) is 0 Å². The predicted molar refractivity (Wildman–Crippen MR) is 84.3 cm³/mol. The van der Waals surface area contributed by atoms with Crippen LogP contribution in [0.1, 0.15) is 25.0 Å². The van der Waals surface area contributed by atoms with E-state index in [0.29, 0.717) is 24.3 Å². The Labute approximate surface area is 131 Å². The third-order valence-corrected chi connectivity index (χ3v) is 3.11. The quantitative estimate of drug-likeness (QED) is 0.399. The summed E-state index contributed by atoms with van der Waals surface area (Å²) in [4.78, 5) is 10.8. The van der Waals surface area contributed by atoms with Crippen molar-refractivity contribution in [2.24, 2.45) is 0 Å². The lowest BCUT2D eigenvalue weighted by molar-refractivity contribution is -0.219. The first kappa shape index (κ1) is 18.2. The molecule has 0 heterocycles. The fourth-order valence-electron chi connectivity index (χ4n) is 1.98. The number of carbonyl (C=O) groups excluding carboxylic acids is 1. The van der Waals surface area contributed by atoms with Gasteiger partial charge in [-0.3, -0.25) is 0 Å². The van der Waals surface area contributed by atoms with Crippen LogP contribution in [0.5, 0.6) is 11.5 Å². The molecule has 0 unspecified atom stereocenters. The largest absolute Gasteiger partial charge is 0.496 e. The van der Waals surface area contributed by atoms with Crippen LogP contribution in [0.4, 0.5) is 0 Å². The van der Waals surface area contributed by atoms with Crippen molar-refractivity contribution in [1.82, 2.24) is 0 Å². The molecule has 0 fully saturated rings. The molecule has 0 atom stereocenters. The molecule has 0 amide bonds. The molecule has 5 nitrogen and oxygen atoms in total. The maximum atomic E-state index is 10.8. The van der Waals surface area contributed by atoms with E-state index in [1.165, 1.54) is 19.8 Å². The molecule has 0 saturated heterocycles. The molecule has 0 aliphatic rings. The standard InChI is InChI=1S/C17H24O5/c1-12(2)6-7-13-10-14(8-9-18)15(19-3)11-16(13)22-17(20-4)21-5/h6,9-11,17H,7-8H2,1-5H3. The van der Waals surface area contributed by atoms with E-state index in [0.717, 1.165) is 17.4 Å². The summed E-state index contributed by atoms with van der Waals surface area (Å²) in [5.74, 6) is 1.21. The molecule has 0 spiro atoms. The molecular formula is C17H24O5. The Kier molecular flexibility index (Phi) is 7.63. The average Bonchev–Trinajstić information content (AvgIpc) is 2.51. The Balaban J connectivity index is 3.23. The zero-order chi connectivity index (χ0) is 16.5. The van der Waals surface area contributed by atoms with Gasteiger partial charge in [0.05, 0.1) is 7.11 Å². The van der Waals surface area contributed by atoms with Crippen molar-refractivity contribution in [3.05, 3.63) is 34.9 Å². The van der Waals surface area contributed by atoms with Gasteiger partial charge in [-0.15, -0.1) is 0 Å². The van der Waals surface area contributed by atoms with Gasteiger partial charge in [0.25, 0.3) is 0 Å². The SMILES string of the molecule is COc1cc(OC(OC)OC)c(CC=C(C)C)cc1CC=O. The molecule has 0 aromatic heterocycles. The molecule has 1 aromatic rings. The van der Waals surface area contributed by atoms with Gasteiger partial charge in [-0.2, -0.15) is 0 Å². The average molecular weight is 308 g/mol. The minimum absolute atomic E-state index is 0.295. The predicted octanol–water partition coefficient (Wildman–Crippen LogP) is 2.90. The first-order valence-electron chi connectivity index (χ1n) is 7.04. The van der Waals surface area contributed by atoms with E-state index in [4.69, 9.17) is 18.9 Å². The van der Waals surface area contributed by atoms with E-state index in [1.807, 2.05) is 19.9 Å². The molecule has 0 N–H and O–H groups in total. The third kappa shape index (κ3) is 5.16. The highest BCUT2D eigenvalue weighted by Gasteiger charge is 2.15. The maximum absolute atomic E-state index is 10.8. The second-order valence-electron chi connectivity index (χ2n) is 5.01. The first-order chi connectivity index (χ1) is 10.5. The Morgan fingerprint density at radius 2 is 1.68 bits per heavy atom. The van der Waals surface area contributed by atoms with Crippen LogP contribution in [0.25, 0.3) is 0 Å². The molecular weight excluding hydrogens is 284 g/mol. The van der Waals surface area contributed by atoms with E-state index in [-0.39, 0.29) is 0 Å². The normalized spacial score (nSPS) is 10.5. The number of hydrogen-bond acceptors (Lipinski definition) is 5. The van der Waals surface area contributed by atoms with Crippen molar-refractivity contribution in [2.75, 3.05) is 21.3 Å². The van der Waals surface area contributed by atoms with Gasteiger partial charge in [0.1, 0.15) is 17.8 Å². The highest BCUT2D eigenvalue weighted by atomic mass is 16.8. The molecule has 122 valence electrons. The summed E-state index contributed by atoms with van der Waals surface area (Å²) in [6, 6.07) is 3.68. The number of carbonyl (C=O) groups is 1. The van der Waals surface area contributed by atoms with Crippen molar-refractivity contribution in [2.45, 2.75) is 33.2 Å². The van der Waals surface area contributed by atoms with E-state index in [9.17, 15) is 4.79 Å². The molecule has 1 rings (SSSR count). The van der Waals surface area contributed by atoms with Crippen molar-refractivity contribution < 1.29 is 23.7 Å². The van der Waals surface area contributed by atoms with Gasteiger partial charge in [0.15, 0.2) is 0 Å². The first-order valence-corrected chi connectivity index (χ1v) is 7.04. The van der Waals surface area contributed by atoms with Crippen LogP contribution < -0.4 is 9.47 Å². The fourth-order valence-corrected chi connectivity index (χ4v) is 1.98. The Bertz CT molecular complexity index is 514. The van der Waals surface area contributed by atoms with Gasteiger partial charge in [-0.1, -0.05) is 11.6 Å². The highest BCUT2D eigenvalue weighted by Crippen LogP contribution is 2.31. The number of hydrogen-bond donors (Lipinski definition) is 0. The van der Waals surface area contributed by atoms with Crippen LogP contribution in [0.3, 0.4) is 0 Å². The molecule has 0 radical (unpaired) electrons. The zero-order valence-corrected chi connectivity index (χ0v) is 13.8. The molecule has 0 aliphatic carbocycles. The van der Waals surface area contributed by atoms with Gasteiger partial charge in [0.2, 0.25) is 0 Å². The number of methoxy groups -OCH3 is 3. The van der Waals surface area contributed by atoms with Gasteiger partial charge in [-0.05, 0) is 31.9 Å². The van der Waals surface area contributed by atoms with Gasteiger partial charge >= 0.3 is 6.48 Å². The van der Waals surface area contributed by atoms with Crippen molar-refractivity contribution in [3.63, 3.8) is 0 Å². The number of ether oxygens (including phenoxy) is 4. The topological polar surface area (TPSA) is 54.0 Å². The highest BCUT2D eigenvalue weighted by molar-refractivity contribution is 5.60. The van der Waals surface area contributed by atoms with Crippen LogP contribution in [-0.2, 0) is 27.1 Å². The monoisotopic (exact) mass is 308 g/mol. The summed E-state index contributed by atoms with van der Waals surface area (Å²) in [6.45, 7) is 3.26. The summed E-state index contributed by atoms with van der Waals surface area (Å²) >= 11 is 0. The van der Waals surface area contributed by atoms with Crippen LogP contribution >= 0.6 is 0 Å². The minimum Gasteiger partial charge on any atom is -0.496 e. The maximum Gasteiger partial charge on any atom is 0.315 e. The molecule has 0 saturated carbocycles. The number of rotatable bonds is 9. The van der Waals surface area contributed by atoms with Gasteiger partial charge in [-0.25, -0.2) is 0 Å². The summed E-state index contributed by atoms with van der Waals surface area (Å²) in [5, 5.41) is 0. The second kappa shape index (κ2) is 9.23. The number of benzene rings is 1. The van der Waals surface area contributed by atoms with Gasteiger partial charge < -0.3 is 23.7 Å². The molecule has 0 bridgehead atoms. The van der Waals surface area contributed by atoms with Gasteiger partial charge in [0, 0.05) is 32.3 Å². The molecule has 22 heavy (non-hydrogen) atoms. The van der Waals surface area contributed by atoms with Crippen molar-refractivity contribution >= 4 is 6.29 Å². The van der Waals surface area contributed by atoms with Crippen molar-refractivity contribution in [3.8, 4) is 11.5 Å². The zero-order valence-electron chi connectivity index (χ0n) is 13.8. The Morgan fingerprint density at radius 3 is 2.18 bits per heavy atom. The summed E-state index contributed by atoms with van der Waals surface area (Å²) in [5.41, 5.74) is 2.97. The van der Waals surface area contributed by atoms with Crippen LogP contribution in [0.2, 0.25) is 0 Å². The fraction of sp³-hybridized carbons (Fsp3) is 0.471. The van der Waals surface area contributed by atoms with E-state index in [2.05, 4.69) is 6.08 Å².